The monoisotopic (exact) mass is 368 g/mol. The zero-order valence-electron chi connectivity index (χ0n) is 14.9. The van der Waals surface area contributed by atoms with Crippen LogP contribution in [0.15, 0.2) is 12.7 Å². The molecule has 2 rings (SSSR count). The lowest BCUT2D eigenvalue weighted by Crippen LogP contribution is -2.35. The van der Waals surface area contributed by atoms with Crippen LogP contribution >= 0.6 is 0 Å². The minimum Gasteiger partial charge on any atom is -0.460 e. The number of rotatable bonds is 9. The molecule has 0 radical (unpaired) electrons. The predicted molar refractivity (Wildman–Crippen MR) is 91.9 cm³/mol. The lowest BCUT2D eigenvalue weighted by molar-refractivity contribution is -0.163. The van der Waals surface area contributed by atoms with Crippen LogP contribution in [0.25, 0.3) is 11.2 Å². The van der Waals surface area contributed by atoms with Crippen LogP contribution in [-0.2, 0) is 14.3 Å². The molecule has 0 saturated carbocycles. The van der Waals surface area contributed by atoms with E-state index in [4.69, 9.17) is 15.2 Å². The average Bonchev–Trinajstić information content (AvgIpc) is 2.99. The highest BCUT2D eigenvalue weighted by Gasteiger charge is 2.25. The Balaban J connectivity index is 2.26. The Labute approximate surface area is 150 Å². The Morgan fingerprint density at radius 3 is 2.73 bits per heavy atom. The third-order valence-corrected chi connectivity index (χ3v) is 3.58. The van der Waals surface area contributed by atoms with E-state index in [9.17, 15) is 15.0 Å². The van der Waals surface area contributed by atoms with E-state index in [1.165, 1.54) is 24.1 Å². The van der Waals surface area contributed by atoms with E-state index in [1.54, 1.807) is 19.0 Å². The molecule has 0 aliphatic heterocycles. The molecule has 0 amide bonds. The molecule has 26 heavy (non-hydrogen) atoms. The Hall–Kier alpha value is -2.34. The van der Waals surface area contributed by atoms with Gasteiger partial charge in [0.1, 0.15) is 24.6 Å². The van der Waals surface area contributed by atoms with Crippen molar-refractivity contribution in [2.45, 2.75) is 25.4 Å². The van der Waals surface area contributed by atoms with Gasteiger partial charge in [-0.1, -0.05) is 0 Å². The smallest absolute Gasteiger partial charge is 0.320 e. The molecule has 0 bridgehead atoms. The van der Waals surface area contributed by atoms with E-state index < -0.39 is 31.0 Å². The van der Waals surface area contributed by atoms with Crippen LogP contribution in [0.4, 0.5) is 5.82 Å². The van der Waals surface area contributed by atoms with Crippen molar-refractivity contribution in [1.82, 2.24) is 24.4 Å². The number of carbonyl (C=O) groups excluding carboxylic acids is 1. The summed E-state index contributed by atoms with van der Waals surface area (Å²) in [5, 5.41) is 19.2. The third-order valence-electron chi connectivity index (χ3n) is 3.58. The number of nitrogens with two attached hydrogens (primary N) is 1. The zero-order chi connectivity index (χ0) is 19.3. The Morgan fingerprint density at radius 2 is 2.12 bits per heavy atom. The number of hydrogen-bond donors (Lipinski definition) is 3. The van der Waals surface area contributed by atoms with E-state index >= 15 is 0 Å². The molecule has 0 fully saturated rings. The van der Waals surface area contributed by atoms with Gasteiger partial charge in [-0.3, -0.25) is 14.3 Å². The quantitative estimate of drug-likeness (QED) is 0.459. The normalized spacial score (nSPS) is 15.2. The number of esters is 1. The number of fused-ring (bicyclic) bond motifs is 1. The zero-order valence-corrected chi connectivity index (χ0v) is 14.9. The molecule has 0 aliphatic rings. The van der Waals surface area contributed by atoms with Gasteiger partial charge >= 0.3 is 5.97 Å². The number of nitrogens with zero attached hydrogens (tertiary/aromatic N) is 5. The van der Waals surface area contributed by atoms with Crippen LogP contribution in [0, 0.1) is 0 Å². The molecule has 4 N–H and O–H groups in total. The van der Waals surface area contributed by atoms with E-state index in [1.807, 2.05) is 0 Å². The highest BCUT2D eigenvalue weighted by atomic mass is 16.6. The number of carbonyl (C=O) groups is 1. The van der Waals surface area contributed by atoms with Crippen LogP contribution in [0.5, 0.6) is 0 Å². The Morgan fingerprint density at radius 1 is 1.38 bits per heavy atom. The van der Waals surface area contributed by atoms with Gasteiger partial charge in [-0.15, -0.1) is 0 Å². The van der Waals surface area contributed by atoms with E-state index in [-0.39, 0.29) is 19.0 Å². The average molecular weight is 368 g/mol. The maximum atomic E-state index is 11.8. The maximum absolute atomic E-state index is 11.8. The van der Waals surface area contributed by atoms with Gasteiger partial charge in [-0.05, 0) is 21.0 Å². The molecule has 2 aromatic heterocycles. The van der Waals surface area contributed by atoms with Crippen LogP contribution in [0.1, 0.15) is 13.2 Å². The summed E-state index contributed by atoms with van der Waals surface area (Å²) in [6.45, 7) is 1.02. The third kappa shape index (κ3) is 4.85. The van der Waals surface area contributed by atoms with Gasteiger partial charge in [0.05, 0.1) is 25.6 Å². The molecule has 0 saturated heterocycles. The first-order valence-corrected chi connectivity index (χ1v) is 8.01. The predicted octanol–water partition coefficient (Wildman–Crippen LogP) is -1.23. The van der Waals surface area contributed by atoms with Crippen LogP contribution in [-0.4, -0.2) is 86.7 Å². The molecule has 11 nitrogen and oxygen atoms in total. The van der Waals surface area contributed by atoms with Gasteiger partial charge < -0.3 is 25.4 Å². The maximum Gasteiger partial charge on any atom is 0.320 e. The lowest BCUT2D eigenvalue weighted by Gasteiger charge is -2.26. The largest absolute Gasteiger partial charge is 0.460 e. The molecule has 2 heterocycles. The van der Waals surface area contributed by atoms with Crippen molar-refractivity contribution in [3.8, 4) is 0 Å². The summed E-state index contributed by atoms with van der Waals surface area (Å²) in [4.78, 5) is 25.7. The van der Waals surface area contributed by atoms with Crippen molar-refractivity contribution in [3.05, 3.63) is 12.7 Å². The molecule has 0 aromatic carbocycles. The summed E-state index contributed by atoms with van der Waals surface area (Å²) < 4.78 is 12.5. The van der Waals surface area contributed by atoms with Crippen molar-refractivity contribution in [1.29, 1.82) is 0 Å². The number of aliphatic hydroxyl groups is 2. The molecule has 0 aliphatic carbocycles. The van der Waals surface area contributed by atoms with Crippen LogP contribution in [0.3, 0.4) is 0 Å². The van der Waals surface area contributed by atoms with E-state index in [0.717, 1.165) is 0 Å². The number of likely N-dealkylation sites (N-methyl/N-ethyl adjacent to an activating group) is 1. The first-order valence-electron chi connectivity index (χ1n) is 8.01. The number of nitrogen functional groups attached to an aromatic ring is 1. The number of aliphatic hydroxyl groups excluding tert-OH is 2. The summed E-state index contributed by atoms with van der Waals surface area (Å²) in [7, 11) is 3.49. The van der Waals surface area contributed by atoms with Gasteiger partial charge in [0.15, 0.2) is 17.7 Å². The number of imidazole rings is 1. The van der Waals surface area contributed by atoms with Crippen molar-refractivity contribution in [3.63, 3.8) is 0 Å². The fourth-order valence-corrected chi connectivity index (χ4v) is 2.25. The minimum atomic E-state index is -0.936. The Bertz CT molecular complexity index is 734. The second-order valence-electron chi connectivity index (χ2n) is 6.06. The van der Waals surface area contributed by atoms with Crippen molar-refractivity contribution in [2.75, 3.05) is 39.6 Å². The highest BCUT2D eigenvalue weighted by Crippen LogP contribution is 2.22. The molecular weight excluding hydrogens is 344 g/mol. The van der Waals surface area contributed by atoms with Crippen molar-refractivity contribution >= 4 is 23.0 Å². The number of anilines is 1. The first kappa shape index (κ1) is 20.0. The number of aromatic nitrogens is 4. The summed E-state index contributed by atoms with van der Waals surface area (Å²) in [6, 6.07) is 0. The summed E-state index contributed by atoms with van der Waals surface area (Å²) in [5.41, 5.74) is 6.54. The molecule has 2 aromatic rings. The molecular formula is C15H24N6O5. The summed E-state index contributed by atoms with van der Waals surface area (Å²) >= 11 is 0. The Kier molecular flexibility index (Phi) is 6.80. The molecule has 0 unspecified atom stereocenters. The van der Waals surface area contributed by atoms with Gasteiger partial charge in [0.25, 0.3) is 0 Å². The molecule has 144 valence electrons. The summed E-state index contributed by atoms with van der Waals surface area (Å²) in [5.74, 6) is -0.244. The lowest BCUT2D eigenvalue weighted by atomic mass is 10.2. The second kappa shape index (κ2) is 8.85. The van der Waals surface area contributed by atoms with E-state index in [2.05, 4.69) is 15.0 Å². The summed E-state index contributed by atoms with van der Waals surface area (Å²) in [6.07, 6.45) is 0.0190. The molecule has 3 atom stereocenters. The molecule has 11 heteroatoms. The topological polar surface area (TPSA) is 149 Å². The standard InChI is InChI=1S/C15H24N6O5/c1-9(23)10(5-22)26-11(6-25-12(24)4-20(2)3)21-8-19-13-14(16)17-7-18-15(13)21/h7-11,22-23H,4-6H2,1-3H3,(H2,16,17,18)/t9-,10-,11-/m1/s1. The highest BCUT2D eigenvalue weighted by molar-refractivity contribution is 5.81. The van der Waals surface area contributed by atoms with Crippen LogP contribution in [0.2, 0.25) is 0 Å². The fraction of sp³-hybridized carbons (Fsp3) is 0.600. The fourth-order valence-electron chi connectivity index (χ4n) is 2.25. The molecule has 0 spiro atoms. The van der Waals surface area contributed by atoms with Crippen LogP contribution < -0.4 is 5.73 Å². The second-order valence-corrected chi connectivity index (χ2v) is 6.06. The van der Waals surface area contributed by atoms with E-state index in [0.29, 0.717) is 11.2 Å². The van der Waals surface area contributed by atoms with Gasteiger partial charge in [0.2, 0.25) is 0 Å². The SMILES string of the molecule is C[C@@H](O)[C@@H](CO)O[C@H](COC(=O)CN(C)C)n1cnc2c(N)ncnc21. The van der Waals surface area contributed by atoms with Crippen molar-refractivity contribution in [2.24, 2.45) is 0 Å². The number of ether oxygens (including phenoxy) is 2. The van der Waals surface area contributed by atoms with Gasteiger partial charge in [0, 0.05) is 0 Å². The minimum absolute atomic E-state index is 0.104. The van der Waals surface area contributed by atoms with Crippen molar-refractivity contribution < 1.29 is 24.5 Å². The van der Waals surface area contributed by atoms with Gasteiger partial charge in [-0.25, -0.2) is 15.0 Å². The first-order chi connectivity index (χ1) is 12.3. The van der Waals surface area contributed by atoms with Gasteiger partial charge in [-0.2, -0.15) is 0 Å². The number of hydrogen-bond acceptors (Lipinski definition) is 10.